The lowest BCUT2D eigenvalue weighted by molar-refractivity contribution is -0.124. The van der Waals surface area contributed by atoms with Gasteiger partial charge in [-0.1, -0.05) is 40.5 Å². The van der Waals surface area contributed by atoms with Gasteiger partial charge in [0, 0.05) is 6.04 Å². The quantitative estimate of drug-likeness (QED) is 0.817. The van der Waals surface area contributed by atoms with E-state index in [0.717, 1.165) is 19.3 Å². The number of hydrogen-bond donors (Lipinski definition) is 2. The molecule has 0 radical (unpaired) electrons. The molecule has 4 unspecified atom stereocenters. The van der Waals surface area contributed by atoms with Gasteiger partial charge in [0.05, 0.1) is 6.04 Å². The molecule has 1 aliphatic rings. The van der Waals surface area contributed by atoms with E-state index in [2.05, 4.69) is 33.0 Å². The third-order valence-electron chi connectivity index (χ3n) is 4.29. The molecule has 4 atom stereocenters. The summed E-state index contributed by atoms with van der Waals surface area (Å²) >= 11 is 0. The zero-order valence-corrected chi connectivity index (χ0v) is 13.6. The Kier molecular flexibility index (Phi) is 8.67. The smallest absolute Gasteiger partial charge is 0.237 e. The maximum absolute atomic E-state index is 12.0. The SMILES string of the molecule is CCCC(N)C(=O)NC1CC(C)CCC1C(C)C.Cl. The van der Waals surface area contributed by atoms with Crippen molar-refractivity contribution in [2.24, 2.45) is 23.5 Å². The fourth-order valence-electron chi connectivity index (χ4n) is 3.10. The summed E-state index contributed by atoms with van der Waals surface area (Å²) in [4.78, 5) is 12.0. The summed E-state index contributed by atoms with van der Waals surface area (Å²) < 4.78 is 0. The van der Waals surface area contributed by atoms with Crippen molar-refractivity contribution >= 4 is 18.3 Å². The topological polar surface area (TPSA) is 55.1 Å². The number of carbonyl (C=O) groups excluding carboxylic acids is 1. The second kappa shape index (κ2) is 8.80. The fraction of sp³-hybridized carbons (Fsp3) is 0.933. The molecule has 1 amide bonds. The summed E-state index contributed by atoms with van der Waals surface area (Å²) in [5.74, 6) is 2.00. The van der Waals surface area contributed by atoms with E-state index < -0.39 is 0 Å². The van der Waals surface area contributed by atoms with Gasteiger partial charge in [-0.25, -0.2) is 0 Å². The number of carbonyl (C=O) groups is 1. The van der Waals surface area contributed by atoms with Gasteiger partial charge in [0.1, 0.15) is 0 Å². The highest BCUT2D eigenvalue weighted by atomic mass is 35.5. The Labute approximate surface area is 124 Å². The molecule has 0 aromatic rings. The van der Waals surface area contributed by atoms with E-state index in [1.807, 2.05) is 0 Å². The van der Waals surface area contributed by atoms with Gasteiger partial charge in [0.2, 0.25) is 5.91 Å². The molecule has 1 fully saturated rings. The minimum atomic E-state index is -0.333. The van der Waals surface area contributed by atoms with Gasteiger partial charge in [-0.2, -0.15) is 0 Å². The Balaban J connectivity index is 0.00000324. The van der Waals surface area contributed by atoms with E-state index in [1.54, 1.807) is 0 Å². The van der Waals surface area contributed by atoms with E-state index in [1.165, 1.54) is 12.8 Å². The summed E-state index contributed by atoms with van der Waals surface area (Å²) in [6, 6.07) is -0.01000. The van der Waals surface area contributed by atoms with Crippen LogP contribution in [0.4, 0.5) is 0 Å². The van der Waals surface area contributed by atoms with E-state index in [0.29, 0.717) is 23.8 Å². The molecule has 1 aliphatic carbocycles. The standard InChI is InChI=1S/C15H30N2O.ClH/c1-5-6-13(16)15(18)17-14-9-11(4)7-8-12(14)10(2)3;/h10-14H,5-9,16H2,1-4H3,(H,17,18);1H. The lowest BCUT2D eigenvalue weighted by atomic mass is 9.74. The second-order valence-corrected chi connectivity index (χ2v) is 6.34. The lowest BCUT2D eigenvalue weighted by Crippen LogP contribution is -2.50. The monoisotopic (exact) mass is 290 g/mol. The van der Waals surface area contributed by atoms with Crippen LogP contribution in [0.2, 0.25) is 0 Å². The van der Waals surface area contributed by atoms with Gasteiger partial charge in [-0.3, -0.25) is 4.79 Å². The summed E-state index contributed by atoms with van der Waals surface area (Å²) in [6.07, 6.45) is 5.36. The summed E-state index contributed by atoms with van der Waals surface area (Å²) in [6.45, 7) is 8.85. The lowest BCUT2D eigenvalue weighted by Gasteiger charge is -2.38. The first-order chi connectivity index (χ1) is 8.45. The third-order valence-corrected chi connectivity index (χ3v) is 4.29. The highest BCUT2D eigenvalue weighted by molar-refractivity contribution is 5.85. The zero-order chi connectivity index (χ0) is 13.7. The van der Waals surface area contributed by atoms with Crippen molar-refractivity contribution < 1.29 is 4.79 Å². The molecule has 4 heteroatoms. The van der Waals surface area contributed by atoms with Crippen molar-refractivity contribution in [1.82, 2.24) is 5.32 Å². The molecule has 19 heavy (non-hydrogen) atoms. The molecule has 0 aromatic heterocycles. The molecule has 0 saturated heterocycles. The maximum atomic E-state index is 12.0. The normalized spacial score (nSPS) is 28.6. The summed E-state index contributed by atoms with van der Waals surface area (Å²) in [5.41, 5.74) is 5.89. The van der Waals surface area contributed by atoms with E-state index >= 15 is 0 Å². The minimum Gasteiger partial charge on any atom is -0.352 e. The van der Waals surface area contributed by atoms with E-state index in [4.69, 9.17) is 5.73 Å². The molecule has 114 valence electrons. The average molecular weight is 291 g/mol. The van der Waals surface area contributed by atoms with Crippen LogP contribution in [0.1, 0.15) is 59.8 Å². The largest absolute Gasteiger partial charge is 0.352 e. The van der Waals surface area contributed by atoms with Gasteiger partial charge < -0.3 is 11.1 Å². The van der Waals surface area contributed by atoms with Crippen LogP contribution >= 0.6 is 12.4 Å². The molecule has 0 spiro atoms. The number of amides is 1. The maximum Gasteiger partial charge on any atom is 0.237 e. The Hall–Kier alpha value is -0.280. The minimum absolute atomic E-state index is 0. The van der Waals surface area contributed by atoms with Gasteiger partial charge in [0.25, 0.3) is 0 Å². The molecular weight excluding hydrogens is 260 g/mol. The predicted octanol–water partition coefficient (Wildman–Crippen LogP) is 3.11. The highest BCUT2D eigenvalue weighted by Crippen LogP contribution is 2.33. The molecule has 1 saturated carbocycles. The van der Waals surface area contributed by atoms with Gasteiger partial charge >= 0.3 is 0 Å². The Morgan fingerprint density at radius 1 is 1.37 bits per heavy atom. The van der Waals surface area contributed by atoms with Crippen LogP contribution in [0.3, 0.4) is 0 Å². The van der Waals surface area contributed by atoms with Crippen LogP contribution in [0.25, 0.3) is 0 Å². The first-order valence-corrected chi connectivity index (χ1v) is 7.51. The molecular formula is C15H31ClN2O. The number of nitrogens with two attached hydrogens (primary N) is 1. The van der Waals surface area contributed by atoms with Crippen LogP contribution in [0.15, 0.2) is 0 Å². The van der Waals surface area contributed by atoms with Gasteiger partial charge in [-0.05, 0) is 37.0 Å². The predicted molar refractivity (Wildman–Crippen MR) is 83.4 cm³/mol. The molecule has 0 aliphatic heterocycles. The van der Waals surface area contributed by atoms with Crippen molar-refractivity contribution in [3.63, 3.8) is 0 Å². The van der Waals surface area contributed by atoms with Crippen LogP contribution < -0.4 is 11.1 Å². The Morgan fingerprint density at radius 2 is 2.00 bits per heavy atom. The molecule has 0 bridgehead atoms. The van der Waals surface area contributed by atoms with Crippen LogP contribution in [0.5, 0.6) is 0 Å². The molecule has 3 N–H and O–H groups in total. The first-order valence-electron chi connectivity index (χ1n) is 7.51. The Bertz CT molecular complexity index is 271. The second-order valence-electron chi connectivity index (χ2n) is 6.34. The van der Waals surface area contributed by atoms with Gasteiger partial charge in [-0.15, -0.1) is 12.4 Å². The van der Waals surface area contributed by atoms with Crippen LogP contribution in [-0.2, 0) is 4.79 Å². The number of halogens is 1. The van der Waals surface area contributed by atoms with E-state index in [-0.39, 0.29) is 24.4 Å². The number of hydrogen-bond acceptors (Lipinski definition) is 2. The molecule has 0 aromatic carbocycles. The summed E-state index contributed by atoms with van der Waals surface area (Å²) in [5, 5.41) is 3.20. The molecule has 0 heterocycles. The van der Waals surface area contributed by atoms with Crippen molar-refractivity contribution in [3.05, 3.63) is 0 Å². The first kappa shape index (κ1) is 18.7. The highest BCUT2D eigenvalue weighted by Gasteiger charge is 2.32. The van der Waals surface area contributed by atoms with Gasteiger partial charge in [0.15, 0.2) is 0 Å². The molecule has 1 rings (SSSR count). The zero-order valence-electron chi connectivity index (χ0n) is 12.8. The Morgan fingerprint density at radius 3 is 2.53 bits per heavy atom. The summed E-state index contributed by atoms with van der Waals surface area (Å²) in [7, 11) is 0. The fourth-order valence-corrected chi connectivity index (χ4v) is 3.10. The molecule has 3 nitrogen and oxygen atoms in total. The van der Waals surface area contributed by atoms with Crippen LogP contribution in [-0.4, -0.2) is 18.0 Å². The van der Waals surface area contributed by atoms with E-state index in [9.17, 15) is 4.79 Å². The van der Waals surface area contributed by atoms with Crippen molar-refractivity contribution in [2.45, 2.75) is 71.9 Å². The number of rotatable bonds is 5. The van der Waals surface area contributed by atoms with Crippen LogP contribution in [0, 0.1) is 17.8 Å². The third kappa shape index (κ3) is 5.70. The van der Waals surface area contributed by atoms with Crippen molar-refractivity contribution in [3.8, 4) is 0 Å². The average Bonchev–Trinajstić information content (AvgIpc) is 2.28. The van der Waals surface area contributed by atoms with Crippen molar-refractivity contribution in [2.75, 3.05) is 0 Å². The number of nitrogens with one attached hydrogen (secondary N) is 1. The van der Waals surface area contributed by atoms with Crippen molar-refractivity contribution in [1.29, 1.82) is 0 Å².